The number of hydrogen-bond acceptors (Lipinski definition) is 2. The first kappa shape index (κ1) is 16.5. The number of carboxylic acid groups (broad SMARTS) is 1. The molecule has 5 nitrogen and oxygen atoms in total. The molecule has 1 aromatic carbocycles. The van der Waals surface area contributed by atoms with Gasteiger partial charge in [-0.3, -0.25) is 4.79 Å². The van der Waals surface area contributed by atoms with Gasteiger partial charge in [-0.25, -0.2) is 9.18 Å². The van der Waals surface area contributed by atoms with Crippen molar-refractivity contribution in [2.45, 2.75) is 19.9 Å². The van der Waals surface area contributed by atoms with E-state index in [9.17, 15) is 14.0 Å². The van der Waals surface area contributed by atoms with Gasteiger partial charge in [0.1, 0.15) is 5.82 Å². The van der Waals surface area contributed by atoms with Crippen molar-refractivity contribution in [3.63, 3.8) is 0 Å². The molecule has 2 amide bonds. The number of benzene rings is 1. The molecule has 0 aliphatic heterocycles. The highest BCUT2D eigenvalue weighted by Gasteiger charge is 2.21. The molecule has 0 saturated heterocycles. The zero-order valence-corrected chi connectivity index (χ0v) is 12.2. The fourth-order valence-electron chi connectivity index (χ4n) is 1.36. The van der Waals surface area contributed by atoms with E-state index in [2.05, 4.69) is 10.6 Å². The fourth-order valence-corrected chi connectivity index (χ4v) is 1.91. The van der Waals surface area contributed by atoms with Gasteiger partial charge >= 0.3 is 12.0 Å². The number of nitrogens with one attached hydrogen (secondary N) is 2. The molecule has 0 heterocycles. The molecule has 1 aromatic rings. The highest BCUT2D eigenvalue weighted by Crippen LogP contribution is 2.31. The predicted octanol–water partition coefficient (Wildman–Crippen LogP) is 3.36. The van der Waals surface area contributed by atoms with Crippen LogP contribution in [0, 0.1) is 11.7 Å². The second kappa shape index (κ2) is 6.76. The standard InChI is InChI=1S/C12H13Cl2FN2O3/c1-5(11(18)19)6(2)16-12(20)17-10-8(13)3-7(15)4-9(10)14/h3-6H,1-2H3,(H,18,19)(H2,16,17,20). The summed E-state index contributed by atoms with van der Waals surface area (Å²) in [5.41, 5.74) is 0.0578. The number of carbonyl (C=O) groups excluding carboxylic acids is 1. The molecule has 0 spiro atoms. The summed E-state index contributed by atoms with van der Waals surface area (Å²) in [6.07, 6.45) is 0. The summed E-state index contributed by atoms with van der Waals surface area (Å²) in [7, 11) is 0. The van der Waals surface area contributed by atoms with Crippen LogP contribution in [-0.4, -0.2) is 23.1 Å². The van der Waals surface area contributed by atoms with Crippen LogP contribution in [0.3, 0.4) is 0 Å². The van der Waals surface area contributed by atoms with Crippen LogP contribution in [-0.2, 0) is 4.79 Å². The van der Waals surface area contributed by atoms with E-state index >= 15 is 0 Å². The van der Waals surface area contributed by atoms with Crippen LogP contribution in [0.2, 0.25) is 10.0 Å². The van der Waals surface area contributed by atoms with Crippen molar-refractivity contribution >= 4 is 40.9 Å². The summed E-state index contributed by atoms with van der Waals surface area (Å²) in [6, 6.07) is 0.727. The molecule has 20 heavy (non-hydrogen) atoms. The lowest BCUT2D eigenvalue weighted by Gasteiger charge is -2.18. The number of hydrogen-bond donors (Lipinski definition) is 3. The molecule has 1 rings (SSSR count). The van der Waals surface area contributed by atoms with Gasteiger partial charge in [-0.05, 0) is 26.0 Å². The number of anilines is 1. The molecular weight excluding hydrogens is 310 g/mol. The largest absolute Gasteiger partial charge is 0.481 e. The minimum Gasteiger partial charge on any atom is -0.481 e. The number of carboxylic acids is 1. The Kier molecular flexibility index (Phi) is 5.59. The summed E-state index contributed by atoms with van der Waals surface area (Å²) in [5, 5.41) is 13.5. The van der Waals surface area contributed by atoms with Crippen LogP contribution in [0.4, 0.5) is 14.9 Å². The molecule has 0 aliphatic rings. The molecule has 2 unspecified atom stereocenters. The normalized spacial score (nSPS) is 13.4. The van der Waals surface area contributed by atoms with Crippen molar-refractivity contribution in [1.82, 2.24) is 5.32 Å². The number of urea groups is 1. The Hall–Kier alpha value is -1.53. The SMILES string of the molecule is CC(NC(=O)Nc1c(Cl)cc(F)cc1Cl)C(C)C(=O)O. The maximum absolute atomic E-state index is 13.0. The minimum atomic E-state index is -1.03. The van der Waals surface area contributed by atoms with Gasteiger partial charge < -0.3 is 15.7 Å². The van der Waals surface area contributed by atoms with Gasteiger partial charge in [0.05, 0.1) is 21.7 Å². The molecule has 0 aliphatic carbocycles. The predicted molar refractivity (Wildman–Crippen MR) is 74.8 cm³/mol. The zero-order valence-electron chi connectivity index (χ0n) is 10.7. The number of rotatable bonds is 4. The maximum Gasteiger partial charge on any atom is 0.319 e. The van der Waals surface area contributed by atoms with E-state index < -0.39 is 29.8 Å². The summed E-state index contributed by atoms with van der Waals surface area (Å²) in [5.74, 6) is -2.42. The first-order valence-corrected chi connectivity index (χ1v) is 6.42. The lowest BCUT2D eigenvalue weighted by molar-refractivity contribution is -0.141. The van der Waals surface area contributed by atoms with E-state index in [4.69, 9.17) is 28.3 Å². The average Bonchev–Trinajstić information content (AvgIpc) is 2.32. The second-order valence-electron chi connectivity index (χ2n) is 4.26. The van der Waals surface area contributed by atoms with E-state index in [0.29, 0.717) is 0 Å². The van der Waals surface area contributed by atoms with Crippen LogP contribution in [0.1, 0.15) is 13.8 Å². The number of carbonyl (C=O) groups is 2. The molecule has 0 aromatic heterocycles. The second-order valence-corrected chi connectivity index (χ2v) is 5.07. The van der Waals surface area contributed by atoms with Crippen LogP contribution in [0.25, 0.3) is 0 Å². The Labute approximate surface area is 125 Å². The highest BCUT2D eigenvalue weighted by atomic mass is 35.5. The molecule has 0 bridgehead atoms. The van der Waals surface area contributed by atoms with Gasteiger partial charge in [0, 0.05) is 6.04 Å². The lowest BCUT2D eigenvalue weighted by atomic mass is 10.0. The van der Waals surface area contributed by atoms with Crippen LogP contribution in [0.15, 0.2) is 12.1 Å². The smallest absolute Gasteiger partial charge is 0.319 e. The molecule has 8 heteroatoms. The third-order valence-electron chi connectivity index (χ3n) is 2.74. The maximum atomic E-state index is 13.0. The molecular formula is C12H13Cl2FN2O3. The third-order valence-corrected chi connectivity index (χ3v) is 3.34. The Balaban J connectivity index is 2.75. The van der Waals surface area contributed by atoms with Crippen LogP contribution in [0.5, 0.6) is 0 Å². The zero-order chi connectivity index (χ0) is 15.4. The van der Waals surface area contributed by atoms with Gasteiger partial charge in [0.2, 0.25) is 0 Å². The van der Waals surface area contributed by atoms with Crippen LogP contribution >= 0.6 is 23.2 Å². The Morgan fingerprint density at radius 3 is 2.20 bits per heavy atom. The summed E-state index contributed by atoms with van der Waals surface area (Å²) >= 11 is 11.5. The number of aliphatic carboxylic acids is 1. The first-order chi connectivity index (χ1) is 9.22. The number of halogens is 3. The van der Waals surface area contributed by atoms with E-state index in [1.807, 2.05) is 0 Å². The first-order valence-electron chi connectivity index (χ1n) is 5.67. The van der Waals surface area contributed by atoms with Gasteiger partial charge in [0.25, 0.3) is 0 Å². The Morgan fingerprint density at radius 1 is 1.25 bits per heavy atom. The Morgan fingerprint density at radius 2 is 1.75 bits per heavy atom. The molecule has 110 valence electrons. The van der Waals surface area contributed by atoms with Crippen LogP contribution < -0.4 is 10.6 Å². The molecule has 0 radical (unpaired) electrons. The van der Waals surface area contributed by atoms with E-state index in [1.165, 1.54) is 6.92 Å². The quantitative estimate of drug-likeness (QED) is 0.795. The van der Waals surface area contributed by atoms with Crippen molar-refractivity contribution < 1.29 is 19.1 Å². The summed E-state index contributed by atoms with van der Waals surface area (Å²) < 4.78 is 13.0. The molecule has 2 atom stereocenters. The van der Waals surface area contributed by atoms with Gasteiger partial charge in [-0.2, -0.15) is 0 Å². The van der Waals surface area contributed by atoms with Gasteiger partial charge in [-0.1, -0.05) is 23.2 Å². The fraction of sp³-hybridized carbons (Fsp3) is 0.333. The summed E-state index contributed by atoms with van der Waals surface area (Å²) in [4.78, 5) is 22.5. The van der Waals surface area contributed by atoms with E-state index in [1.54, 1.807) is 6.92 Å². The molecule has 3 N–H and O–H groups in total. The lowest BCUT2D eigenvalue weighted by Crippen LogP contribution is -2.42. The van der Waals surface area contributed by atoms with Gasteiger partial charge in [-0.15, -0.1) is 0 Å². The van der Waals surface area contributed by atoms with Crippen molar-refractivity contribution in [2.24, 2.45) is 5.92 Å². The molecule has 0 fully saturated rings. The molecule has 0 saturated carbocycles. The van der Waals surface area contributed by atoms with Gasteiger partial charge in [0.15, 0.2) is 0 Å². The van der Waals surface area contributed by atoms with Crippen molar-refractivity contribution in [3.05, 3.63) is 28.0 Å². The summed E-state index contributed by atoms with van der Waals surface area (Å²) in [6.45, 7) is 3.01. The van der Waals surface area contributed by atoms with E-state index in [-0.39, 0.29) is 15.7 Å². The highest BCUT2D eigenvalue weighted by molar-refractivity contribution is 6.39. The minimum absolute atomic E-state index is 0.0518. The van der Waals surface area contributed by atoms with Crippen molar-refractivity contribution in [2.75, 3.05) is 5.32 Å². The Bertz CT molecular complexity index is 516. The van der Waals surface area contributed by atoms with E-state index in [0.717, 1.165) is 12.1 Å². The topological polar surface area (TPSA) is 78.4 Å². The monoisotopic (exact) mass is 322 g/mol. The van der Waals surface area contributed by atoms with Crippen molar-refractivity contribution in [3.8, 4) is 0 Å². The number of amides is 2. The average molecular weight is 323 g/mol. The van der Waals surface area contributed by atoms with Crippen molar-refractivity contribution in [1.29, 1.82) is 0 Å². The third kappa shape index (κ3) is 4.25.